The van der Waals surface area contributed by atoms with Crippen LogP contribution in [0.1, 0.15) is 18.2 Å². The van der Waals surface area contributed by atoms with Crippen molar-refractivity contribution in [3.8, 4) is 0 Å². The summed E-state index contributed by atoms with van der Waals surface area (Å²) in [4.78, 5) is 3.90. The predicted molar refractivity (Wildman–Crippen MR) is 81.1 cm³/mol. The van der Waals surface area contributed by atoms with Crippen LogP contribution in [0, 0.1) is 0 Å². The average molecular weight is 272 g/mol. The molecule has 0 saturated heterocycles. The van der Waals surface area contributed by atoms with Gasteiger partial charge in [0.1, 0.15) is 0 Å². The molecule has 2 atom stereocenters. The monoisotopic (exact) mass is 272 g/mol. The van der Waals surface area contributed by atoms with E-state index in [1.807, 2.05) is 23.1 Å². The summed E-state index contributed by atoms with van der Waals surface area (Å²) < 4.78 is 0. The number of thioether (sulfide) groups is 1. The summed E-state index contributed by atoms with van der Waals surface area (Å²) in [6, 6.07) is 5.41. The van der Waals surface area contributed by atoms with Gasteiger partial charge in [0.25, 0.3) is 0 Å². The quantitative estimate of drug-likeness (QED) is 0.789. The molecule has 98 valence electrons. The molecule has 0 radical (unpaired) electrons. The molecule has 1 aromatic heterocycles. The maximum absolute atomic E-state index is 5.88. The van der Waals surface area contributed by atoms with Crippen molar-refractivity contribution < 1.29 is 0 Å². The van der Waals surface area contributed by atoms with Crippen LogP contribution >= 0.6 is 23.1 Å². The van der Waals surface area contributed by atoms with Gasteiger partial charge in [-0.1, -0.05) is 6.07 Å². The van der Waals surface area contributed by atoms with E-state index in [1.54, 1.807) is 0 Å². The van der Waals surface area contributed by atoms with Crippen molar-refractivity contribution in [1.29, 1.82) is 0 Å². The predicted octanol–water partition coefficient (Wildman–Crippen LogP) is 2.69. The number of likely N-dealkylation sites (N-methyl/N-ethyl adjacent to an activating group) is 1. The van der Waals surface area contributed by atoms with Gasteiger partial charge in [-0.25, -0.2) is 0 Å². The SMILES string of the molecule is CSCCC(CN)N(C)C(C)Cc1cccs1. The molecule has 1 aromatic rings. The Morgan fingerprint density at radius 3 is 2.82 bits per heavy atom. The zero-order valence-electron chi connectivity index (χ0n) is 11.1. The van der Waals surface area contributed by atoms with Crippen LogP contribution in [0.4, 0.5) is 0 Å². The molecule has 0 saturated carbocycles. The average Bonchev–Trinajstić information content (AvgIpc) is 2.82. The molecule has 0 aliphatic carbocycles. The third-order valence-corrected chi connectivity index (χ3v) is 4.82. The van der Waals surface area contributed by atoms with Crippen LogP contribution in [-0.4, -0.2) is 42.6 Å². The molecule has 1 rings (SSSR count). The molecule has 0 bridgehead atoms. The number of nitrogens with two attached hydrogens (primary N) is 1. The maximum atomic E-state index is 5.88. The van der Waals surface area contributed by atoms with Crippen molar-refractivity contribution in [2.45, 2.75) is 31.8 Å². The van der Waals surface area contributed by atoms with Crippen molar-refractivity contribution in [1.82, 2.24) is 4.90 Å². The molecular formula is C13H24N2S2. The fraction of sp³-hybridized carbons (Fsp3) is 0.692. The molecule has 2 nitrogen and oxygen atoms in total. The Labute approximate surface area is 114 Å². The largest absolute Gasteiger partial charge is 0.329 e. The molecular weight excluding hydrogens is 248 g/mol. The van der Waals surface area contributed by atoms with Crippen LogP contribution in [0.2, 0.25) is 0 Å². The summed E-state index contributed by atoms with van der Waals surface area (Å²) >= 11 is 3.74. The number of nitrogens with zero attached hydrogens (tertiary/aromatic N) is 1. The molecule has 0 aliphatic heterocycles. The van der Waals surface area contributed by atoms with E-state index in [0.29, 0.717) is 12.1 Å². The van der Waals surface area contributed by atoms with E-state index < -0.39 is 0 Å². The van der Waals surface area contributed by atoms with E-state index in [1.165, 1.54) is 17.1 Å². The van der Waals surface area contributed by atoms with Gasteiger partial charge >= 0.3 is 0 Å². The van der Waals surface area contributed by atoms with Gasteiger partial charge < -0.3 is 5.73 Å². The first-order valence-electron chi connectivity index (χ1n) is 6.12. The molecule has 2 N–H and O–H groups in total. The standard InChI is InChI=1S/C13H24N2S2/c1-11(9-13-5-4-7-17-13)15(2)12(10-14)6-8-16-3/h4-5,7,11-12H,6,8-10,14H2,1-3H3. The summed E-state index contributed by atoms with van der Waals surface area (Å²) in [6.07, 6.45) is 4.47. The van der Waals surface area contributed by atoms with Gasteiger partial charge in [0.05, 0.1) is 0 Å². The Balaban J connectivity index is 2.45. The third kappa shape index (κ3) is 5.00. The van der Waals surface area contributed by atoms with E-state index in [4.69, 9.17) is 5.73 Å². The van der Waals surface area contributed by atoms with Crippen molar-refractivity contribution in [2.24, 2.45) is 5.73 Å². The highest BCUT2D eigenvalue weighted by atomic mass is 32.2. The molecule has 1 heterocycles. The second kappa shape index (κ2) is 8.14. The highest BCUT2D eigenvalue weighted by molar-refractivity contribution is 7.98. The molecule has 0 aromatic carbocycles. The first-order chi connectivity index (χ1) is 8.19. The summed E-state index contributed by atoms with van der Waals surface area (Å²) in [5.74, 6) is 1.19. The van der Waals surface area contributed by atoms with E-state index in [0.717, 1.165) is 13.0 Å². The van der Waals surface area contributed by atoms with Crippen molar-refractivity contribution in [3.63, 3.8) is 0 Å². The summed E-state index contributed by atoms with van der Waals surface area (Å²) in [5.41, 5.74) is 5.88. The van der Waals surface area contributed by atoms with E-state index >= 15 is 0 Å². The van der Waals surface area contributed by atoms with E-state index in [2.05, 4.69) is 42.6 Å². The molecule has 2 unspecified atom stereocenters. The van der Waals surface area contributed by atoms with Crippen LogP contribution < -0.4 is 5.73 Å². The summed E-state index contributed by atoms with van der Waals surface area (Å²) in [7, 11) is 2.20. The molecule has 0 amide bonds. The minimum Gasteiger partial charge on any atom is -0.329 e. The molecule has 0 fully saturated rings. The fourth-order valence-electron chi connectivity index (χ4n) is 1.97. The Bertz CT molecular complexity index is 288. The van der Waals surface area contributed by atoms with E-state index in [-0.39, 0.29) is 0 Å². The first kappa shape index (κ1) is 15.0. The van der Waals surface area contributed by atoms with Crippen molar-refractivity contribution in [2.75, 3.05) is 25.6 Å². The van der Waals surface area contributed by atoms with Gasteiger partial charge in [-0.05, 0) is 50.3 Å². The van der Waals surface area contributed by atoms with Gasteiger partial charge in [0.15, 0.2) is 0 Å². The molecule has 0 spiro atoms. The second-order valence-electron chi connectivity index (χ2n) is 4.47. The second-order valence-corrected chi connectivity index (χ2v) is 6.49. The van der Waals surface area contributed by atoms with Crippen LogP contribution in [0.3, 0.4) is 0 Å². The lowest BCUT2D eigenvalue weighted by Crippen LogP contribution is -2.44. The molecule has 4 heteroatoms. The smallest absolute Gasteiger partial charge is 0.0226 e. The number of thiophene rings is 1. The van der Waals surface area contributed by atoms with Gasteiger partial charge in [-0.3, -0.25) is 4.90 Å². The van der Waals surface area contributed by atoms with Crippen LogP contribution in [0.5, 0.6) is 0 Å². The maximum Gasteiger partial charge on any atom is 0.0226 e. The molecule has 0 aliphatic rings. The number of rotatable bonds is 8. The minimum atomic E-state index is 0.511. The molecule has 17 heavy (non-hydrogen) atoms. The van der Waals surface area contributed by atoms with Crippen LogP contribution in [-0.2, 0) is 6.42 Å². The van der Waals surface area contributed by atoms with Crippen molar-refractivity contribution >= 4 is 23.1 Å². The van der Waals surface area contributed by atoms with E-state index in [9.17, 15) is 0 Å². The lowest BCUT2D eigenvalue weighted by atomic mass is 10.1. The fourth-order valence-corrected chi connectivity index (χ4v) is 3.30. The Morgan fingerprint density at radius 2 is 2.29 bits per heavy atom. The third-order valence-electron chi connectivity index (χ3n) is 3.28. The lowest BCUT2D eigenvalue weighted by molar-refractivity contribution is 0.184. The number of hydrogen-bond donors (Lipinski definition) is 1. The normalized spacial score (nSPS) is 15.1. The van der Waals surface area contributed by atoms with Gasteiger partial charge in [0.2, 0.25) is 0 Å². The Morgan fingerprint density at radius 1 is 1.53 bits per heavy atom. The zero-order valence-corrected chi connectivity index (χ0v) is 12.7. The van der Waals surface area contributed by atoms with Gasteiger partial charge in [0, 0.05) is 23.5 Å². The van der Waals surface area contributed by atoms with Crippen LogP contribution in [0.15, 0.2) is 17.5 Å². The van der Waals surface area contributed by atoms with Crippen molar-refractivity contribution in [3.05, 3.63) is 22.4 Å². The lowest BCUT2D eigenvalue weighted by Gasteiger charge is -2.32. The van der Waals surface area contributed by atoms with Gasteiger partial charge in [-0.2, -0.15) is 11.8 Å². The number of hydrogen-bond acceptors (Lipinski definition) is 4. The minimum absolute atomic E-state index is 0.511. The first-order valence-corrected chi connectivity index (χ1v) is 8.39. The Kier molecular flexibility index (Phi) is 7.19. The zero-order chi connectivity index (χ0) is 12.7. The van der Waals surface area contributed by atoms with Gasteiger partial charge in [-0.15, -0.1) is 11.3 Å². The highest BCUT2D eigenvalue weighted by Crippen LogP contribution is 2.16. The Hall–Kier alpha value is -0.0300. The van der Waals surface area contributed by atoms with Crippen LogP contribution in [0.25, 0.3) is 0 Å². The summed E-state index contributed by atoms with van der Waals surface area (Å²) in [5, 5.41) is 2.15. The topological polar surface area (TPSA) is 29.3 Å². The summed E-state index contributed by atoms with van der Waals surface area (Å²) in [6.45, 7) is 3.05. The highest BCUT2D eigenvalue weighted by Gasteiger charge is 2.18.